The Morgan fingerprint density at radius 1 is 1.29 bits per heavy atom. The van der Waals surface area contributed by atoms with Crippen molar-refractivity contribution in [3.8, 4) is 0 Å². The van der Waals surface area contributed by atoms with Gasteiger partial charge in [0.1, 0.15) is 0 Å². The quantitative estimate of drug-likeness (QED) is 0.731. The van der Waals surface area contributed by atoms with Crippen LogP contribution in [0.3, 0.4) is 0 Å². The molecule has 0 atom stereocenters. The first-order valence-electron chi connectivity index (χ1n) is 6.56. The van der Waals surface area contributed by atoms with Crippen LogP contribution in [-0.4, -0.2) is 40.8 Å². The van der Waals surface area contributed by atoms with Gasteiger partial charge in [0.25, 0.3) is 0 Å². The maximum absolute atomic E-state index is 11.9. The monoisotopic (exact) mass is 325 g/mol. The molecule has 2 aromatic rings. The largest absolute Gasteiger partial charge is 0.329 e. The van der Waals surface area contributed by atoms with Crippen molar-refractivity contribution >= 4 is 21.8 Å². The second-order valence-electron chi connectivity index (χ2n) is 4.75. The van der Waals surface area contributed by atoms with Gasteiger partial charge < -0.3 is 4.57 Å². The van der Waals surface area contributed by atoms with Crippen molar-refractivity contribution in [1.29, 1.82) is 0 Å². The molecule has 0 saturated heterocycles. The number of imidazole rings is 1. The molecule has 1 heterocycles. The molecule has 0 bridgehead atoms. The van der Waals surface area contributed by atoms with Gasteiger partial charge in [0, 0.05) is 38.3 Å². The smallest absolute Gasteiger partial charge is 0.211 e. The summed E-state index contributed by atoms with van der Waals surface area (Å²) < 4.78 is 27.2. The molecule has 21 heavy (non-hydrogen) atoms. The molecule has 1 aromatic heterocycles. The summed E-state index contributed by atoms with van der Waals surface area (Å²) in [5.41, 5.74) is 0.991. The lowest BCUT2D eigenvalue weighted by Gasteiger charge is -2.19. The van der Waals surface area contributed by atoms with Gasteiger partial charge in [-0.25, -0.2) is 13.4 Å². The van der Waals surface area contributed by atoms with E-state index in [4.69, 9.17) is 0 Å². The molecule has 0 aliphatic heterocycles. The number of aromatic nitrogens is 2. The van der Waals surface area contributed by atoms with Crippen LogP contribution in [0, 0.1) is 0 Å². The lowest BCUT2D eigenvalue weighted by atomic mass is 10.2. The Balaban J connectivity index is 1.96. The summed E-state index contributed by atoms with van der Waals surface area (Å²) in [6.45, 7) is 0.867. The Morgan fingerprint density at radius 2 is 2.00 bits per heavy atom. The molecule has 114 valence electrons. The molecule has 0 N–H and O–H groups in total. The summed E-state index contributed by atoms with van der Waals surface area (Å²) in [6.07, 6.45) is 4.86. The molecule has 0 aliphatic rings. The number of benzene rings is 1. The SMILES string of the molecule is Cn1ccnc1SCCN(Cc1ccccc1)S(C)(=O)=O. The first-order valence-corrected chi connectivity index (χ1v) is 9.39. The van der Waals surface area contributed by atoms with Gasteiger partial charge in [0.2, 0.25) is 10.0 Å². The topological polar surface area (TPSA) is 55.2 Å². The zero-order valence-corrected chi connectivity index (χ0v) is 13.8. The summed E-state index contributed by atoms with van der Waals surface area (Å²) in [7, 11) is -1.30. The van der Waals surface area contributed by atoms with E-state index < -0.39 is 10.0 Å². The van der Waals surface area contributed by atoms with Gasteiger partial charge >= 0.3 is 0 Å². The lowest BCUT2D eigenvalue weighted by molar-refractivity contribution is 0.430. The number of rotatable bonds is 7. The van der Waals surface area contributed by atoms with Crippen LogP contribution in [0.2, 0.25) is 0 Å². The van der Waals surface area contributed by atoms with Crippen LogP contribution >= 0.6 is 11.8 Å². The summed E-state index contributed by atoms with van der Waals surface area (Å²) in [6, 6.07) is 9.62. The Morgan fingerprint density at radius 3 is 2.57 bits per heavy atom. The van der Waals surface area contributed by atoms with Crippen LogP contribution in [0.5, 0.6) is 0 Å². The molecule has 0 unspecified atom stereocenters. The van der Waals surface area contributed by atoms with E-state index in [1.54, 1.807) is 18.0 Å². The number of thioether (sulfide) groups is 1. The third kappa shape index (κ3) is 4.87. The maximum Gasteiger partial charge on any atom is 0.211 e. The van der Waals surface area contributed by atoms with Crippen molar-refractivity contribution in [1.82, 2.24) is 13.9 Å². The first kappa shape index (κ1) is 16.1. The Labute approximate surface area is 130 Å². The van der Waals surface area contributed by atoms with Crippen LogP contribution in [0.1, 0.15) is 5.56 Å². The highest BCUT2D eigenvalue weighted by Crippen LogP contribution is 2.16. The van der Waals surface area contributed by atoms with Crippen molar-refractivity contribution in [2.75, 3.05) is 18.6 Å². The molecular formula is C14H19N3O2S2. The fourth-order valence-electron chi connectivity index (χ4n) is 1.88. The van der Waals surface area contributed by atoms with Crippen LogP contribution < -0.4 is 0 Å². The summed E-state index contributed by atoms with van der Waals surface area (Å²) in [5.74, 6) is 0.671. The van der Waals surface area contributed by atoms with E-state index in [2.05, 4.69) is 4.98 Å². The summed E-state index contributed by atoms with van der Waals surface area (Å²) >= 11 is 1.55. The lowest BCUT2D eigenvalue weighted by Crippen LogP contribution is -2.31. The molecule has 5 nitrogen and oxygen atoms in total. The van der Waals surface area contributed by atoms with Crippen molar-refractivity contribution in [3.63, 3.8) is 0 Å². The highest BCUT2D eigenvalue weighted by Gasteiger charge is 2.17. The molecule has 0 aliphatic carbocycles. The maximum atomic E-state index is 11.9. The molecule has 0 radical (unpaired) electrons. The average molecular weight is 325 g/mol. The number of hydrogen-bond acceptors (Lipinski definition) is 4. The van der Waals surface area contributed by atoms with Crippen molar-refractivity contribution in [2.24, 2.45) is 7.05 Å². The fourth-order valence-corrected chi connectivity index (χ4v) is 3.70. The minimum atomic E-state index is -3.22. The fraction of sp³-hybridized carbons (Fsp3) is 0.357. The average Bonchev–Trinajstić information content (AvgIpc) is 2.83. The Kier molecular flexibility index (Phi) is 5.44. The highest BCUT2D eigenvalue weighted by molar-refractivity contribution is 7.99. The highest BCUT2D eigenvalue weighted by atomic mass is 32.2. The van der Waals surface area contributed by atoms with E-state index in [-0.39, 0.29) is 0 Å². The van der Waals surface area contributed by atoms with Gasteiger partial charge in [-0.3, -0.25) is 0 Å². The van der Waals surface area contributed by atoms with Gasteiger partial charge in [-0.15, -0.1) is 0 Å². The Bertz CT molecular complexity index is 669. The minimum Gasteiger partial charge on any atom is -0.329 e. The van der Waals surface area contributed by atoms with Crippen LogP contribution in [0.25, 0.3) is 0 Å². The molecular weight excluding hydrogens is 306 g/mol. The predicted octanol–water partition coefficient (Wildman–Crippen LogP) is 1.97. The first-order chi connectivity index (χ1) is 9.97. The van der Waals surface area contributed by atoms with Crippen LogP contribution in [0.15, 0.2) is 47.9 Å². The summed E-state index contributed by atoms with van der Waals surface area (Å²) in [4.78, 5) is 4.22. The van der Waals surface area contributed by atoms with Gasteiger partial charge in [-0.1, -0.05) is 42.1 Å². The standard InChI is InChI=1S/C14H19N3O2S2/c1-16-9-8-15-14(16)20-11-10-17(21(2,18)19)12-13-6-4-3-5-7-13/h3-9H,10-12H2,1-2H3. The Hall–Kier alpha value is -1.31. The van der Waals surface area contributed by atoms with E-state index in [1.165, 1.54) is 10.6 Å². The molecule has 0 amide bonds. The normalized spacial score (nSPS) is 12.0. The predicted molar refractivity (Wildman–Crippen MR) is 85.6 cm³/mol. The van der Waals surface area contributed by atoms with Crippen LogP contribution in [-0.2, 0) is 23.6 Å². The van der Waals surface area contributed by atoms with Crippen LogP contribution in [0.4, 0.5) is 0 Å². The number of nitrogens with zero attached hydrogens (tertiary/aromatic N) is 3. The molecule has 0 spiro atoms. The number of sulfonamides is 1. The summed E-state index contributed by atoms with van der Waals surface area (Å²) in [5, 5.41) is 0.892. The molecule has 1 aromatic carbocycles. The van der Waals surface area contributed by atoms with Gasteiger partial charge in [0.05, 0.1) is 6.26 Å². The van der Waals surface area contributed by atoms with E-state index in [1.807, 2.05) is 48.1 Å². The molecule has 2 rings (SSSR count). The molecule has 0 fully saturated rings. The minimum absolute atomic E-state index is 0.404. The van der Waals surface area contributed by atoms with Gasteiger partial charge in [0.15, 0.2) is 5.16 Å². The van der Waals surface area contributed by atoms with E-state index in [9.17, 15) is 8.42 Å². The second-order valence-corrected chi connectivity index (χ2v) is 7.80. The molecule has 7 heteroatoms. The van der Waals surface area contributed by atoms with Crippen molar-refractivity contribution in [2.45, 2.75) is 11.7 Å². The second kappa shape index (κ2) is 7.11. The van der Waals surface area contributed by atoms with Crippen molar-refractivity contribution < 1.29 is 8.42 Å². The van der Waals surface area contributed by atoms with Gasteiger partial charge in [-0.2, -0.15) is 4.31 Å². The zero-order chi connectivity index (χ0) is 15.3. The van der Waals surface area contributed by atoms with Crippen molar-refractivity contribution in [3.05, 3.63) is 48.3 Å². The molecule has 0 saturated carbocycles. The van der Waals surface area contributed by atoms with E-state index in [0.29, 0.717) is 18.8 Å². The van der Waals surface area contributed by atoms with E-state index in [0.717, 1.165) is 10.7 Å². The third-order valence-corrected chi connectivity index (χ3v) is 5.31. The van der Waals surface area contributed by atoms with E-state index >= 15 is 0 Å². The number of aryl methyl sites for hydroxylation is 1. The zero-order valence-electron chi connectivity index (χ0n) is 12.1. The number of hydrogen-bond donors (Lipinski definition) is 0. The third-order valence-electron chi connectivity index (χ3n) is 3.02. The van der Waals surface area contributed by atoms with Gasteiger partial charge in [-0.05, 0) is 5.56 Å².